The summed E-state index contributed by atoms with van der Waals surface area (Å²) in [5.41, 5.74) is 1.15. The molecule has 2 N–H and O–H groups in total. The fourth-order valence-corrected chi connectivity index (χ4v) is 2.17. The summed E-state index contributed by atoms with van der Waals surface area (Å²) < 4.78 is 0. The topological polar surface area (TPSA) is 54.0 Å². The largest absolute Gasteiger partial charge is 0.352 e. The van der Waals surface area contributed by atoms with E-state index in [1.54, 1.807) is 12.4 Å². The number of hydrogen-bond acceptors (Lipinski definition) is 3. The second kappa shape index (κ2) is 6.35. The van der Waals surface area contributed by atoms with E-state index in [2.05, 4.69) is 15.6 Å². The number of pyridine rings is 1. The lowest BCUT2D eigenvalue weighted by Gasteiger charge is -2.12. The van der Waals surface area contributed by atoms with Crippen molar-refractivity contribution in [2.24, 2.45) is 0 Å². The Kier molecular flexibility index (Phi) is 4.50. The van der Waals surface area contributed by atoms with E-state index in [-0.39, 0.29) is 5.91 Å². The van der Waals surface area contributed by atoms with Gasteiger partial charge in [-0.05, 0) is 30.5 Å². The standard InChI is InChI=1S/C13H19N3O/c17-13(16-12-3-1-2-4-12)10-15-9-11-5-7-14-8-6-11/h5-8,12,15H,1-4,9-10H2,(H,16,17). The highest BCUT2D eigenvalue weighted by Crippen LogP contribution is 2.17. The third-order valence-corrected chi connectivity index (χ3v) is 3.08. The lowest BCUT2D eigenvalue weighted by atomic mass is 10.2. The molecule has 4 heteroatoms. The van der Waals surface area contributed by atoms with Crippen LogP contribution in [0.3, 0.4) is 0 Å². The third-order valence-electron chi connectivity index (χ3n) is 3.08. The van der Waals surface area contributed by atoms with Crippen molar-refractivity contribution in [2.45, 2.75) is 38.3 Å². The molecule has 1 aromatic rings. The number of aromatic nitrogens is 1. The predicted molar refractivity (Wildman–Crippen MR) is 66.3 cm³/mol. The minimum atomic E-state index is 0.103. The van der Waals surface area contributed by atoms with Crippen LogP contribution in [0, 0.1) is 0 Å². The van der Waals surface area contributed by atoms with Crippen LogP contribution in [0.4, 0.5) is 0 Å². The Morgan fingerprint density at radius 2 is 2.00 bits per heavy atom. The van der Waals surface area contributed by atoms with E-state index < -0.39 is 0 Å². The van der Waals surface area contributed by atoms with Gasteiger partial charge in [0.2, 0.25) is 5.91 Å². The molecule has 0 spiro atoms. The van der Waals surface area contributed by atoms with Crippen molar-refractivity contribution in [3.05, 3.63) is 30.1 Å². The minimum absolute atomic E-state index is 0.103. The summed E-state index contributed by atoms with van der Waals surface area (Å²) in [5, 5.41) is 6.19. The van der Waals surface area contributed by atoms with Crippen LogP contribution < -0.4 is 10.6 Å². The maximum absolute atomic E-state index is 11.6. The predicted octanol–water partition coefficient (Wildman–Crippen LogP) is 1.23. The fraction of sp³-hybridized carbons (Fsp3) is 0.538. The first-order chi connectivity index (χ1) is 8.34. The molecule has 17 heavy (non-hydrogen) atoms. The van der Waals surface area contributed by atoms with Gasteiger partial charge in [0.1, 0.15) is 0 Å². The van der Waals surface area contributed by atoms with Crippen molar-refractivity contribution in [3.8, 4) is 0 Å². The number of rotatable bonds is 5. The van der Waals surface area contributed by atoms with Crippen LogP contribution in [0.15, 0.2) is 24.5 Å². The van der Waals surface area contributed by atoms with E-state index in [4.69, 9.17) is 0 Å². The van der Waals surface area contributed by atoms with E-state index in [1.165, 1.54) is 12.8 Å². The smallest absolute Gasteiger partial charge is 0.234 e. The van der Waals surface area contributed by atoms with Gasteiger partial charge in [0, 0.05) is 25.0 Å². The molecule has 2 rings (SSSR count). The Hall–Kier alpha value is -1.42. The molecule has 1 fully saturated rings. The van der Waals surface area contributed by atoms with Gasteiger partial charge in [-0.3, -0.25) is 9.78 Å². The molecule has 1 aromatic heterocycles. The van der Waals surface area contributed by atoms with Crippen molar-refractivity contribution in [1.29, 1.82) is 0 Å². The highest BCUT2D eigenvalue weighted by atomic mass is 16.1. The molecule has 0 bridgehead atoms. The second-order valence-corrected chi connectivity index (χ2v) is 4.51. The van der Waals surface area contributed by atoms with Crippen molar-refractivity contribution in [1.82, 2.24) is 15.6 Å². The fourth-order valence-electron chi connectivity index (χ4n) is 2.17. The third kappa shape index (κ3) is 4.15. The molecule has 1 aliphatic rings. The highest BCUT2D eigenvalue weighted by molar-refractivity contribution is 5.78. The van der Waals surface area contributed by atoms with E-state index in [0.29, 0.717) is 19.1 Å². The van der Waals surface area contributed by atoms with Crippen LogP contribution in [0.25, 0.3) is 0 Å². The number of hydrogen-bond donors (Lipinski definition) is 2. The van der Waals surface area contributed by atoms with Gasteiger partial charge in [0.15, 0.2) is 0 Å². The molecule has 0 radical (unpaired) electrons. The number of carbonyl (C=O) groups is 1. The van der Waals surface area contributed by atoms with Gasteiger partial charge in [-0.1, -0.05) is 12.8 Å². The zero-order chi connectivity index (χ0) is 11.9. The molecule has 0 atom stereocenters. The Balaban J connectivity index is 1.63. The zero-order valence-electron chi connectivity index (χ0n) is 9.98. The first kappa shape index (κ1) is 12.0. The molecule has 1 amide bonds. The van der Waals surface area contributed by atoms with Gasteiger partial charge in [-0.25, -0.2) is 0 Å². The summed E-state index contributed by atoms with van der Waals surface area (Å²) in [7, 11) is 0. The Morgan fingerprint density at radius 3 is 2.71 bits per heavy atom. The molecule has 1 saturated carbocycles. The van der Waals surface area contributed by atoms with E-state index in [1.807, 2.05) is 12.1 Å². The summed E-state index contributed by atoms with van der Waals surface area (Å²) in [5.74, 6) is 0.103. The van der Waals surface area contributed by atoms with Gasteiger partial charge in [-0.15, -0.1) is 0 Å². The van der Waals surface area contributed by atoms with E-state index in [0.717, 1.165) is 18.4 Å². The highest BCUT2D eigenvalue weighted by Gasteiger charge is 2.16. The van der Waals surface area contributed by atoms with Gasteiger partial charge in [-0.2, -0.15) is 0 Å². The monoisotopic (exact) mass is 233 g/mol. The summed E-state index contributed by atoms with van der Waals surface area (Å²) in [6, 6.07) is 4.30. The van der Waals surface area contributed by atoms with Crippen molar-refractivity contribution in [2.75, 3.05) is 6.54 Å². The number of nitrogens with zero attached hydrogens (tertiary/aromatic N) is 1. The van der Waals surface area contributed by atoms with Crippen LogP contribution in [0.2, 0.25) is 0 Å². The number of carbonyl (C=O) groups excluding carboxylic acids is 1. The first-order valence-electron chi connectivity index (χ1n) is 6.23. The van der Waals surface area contributed by atoms with Crippen molar-refractivity contribution >= 4 is 5.91 Å². The minimum Gasteiger partial charge on any atom is -0.352 e. The Morgan fingerprint density at radius 1 is 1.29 bits per heavy atom. The van der Waals surface area contributed by atoms with Crippen LogP contribution >= 0.6 is 0 Å². The molecular formula is C13H19N3O. The average Bonchev–Trinajstić information content (AvgIpc) is 2.83. The summed E-state index contributed by atoms with van der Waals surface area (Å²) in [6.45, 7) is 1.10. The van der Waals surface area contributed by atoms with E-state index >= 15 is 0 Å². The van der Waals surface area contributed by atoms with Gasteiger partial charge in [0.25, 0.3) is 0 Å². The number of nitrogens with one attached hydrogen (secondary N) is 2. The molecule has 1 heterocycles. The SMILES string of the molecule is O=C(CNCc1ccncc1)NC1CCCC1. The normalized spacial score (nSPS) is 16.0. The summed E-state index contributed by atoms with van der Waals surface area (Å²) in [4.78, 5) is 15.6. The molecule has 4 nitrogen and oxygen atoms in total. The lowest BCUT2D eigenvalue weighted by Crippen LogP contribution is -2.38. The maximum Gasteiger partial charge on any atom is 0.234 e. The molecule has 0 aliphatic heterocycles. The Bertz CT molecular complexity index is 347. The zero-order valence-corrected chi connectivity index (χ0v) is 9.98. The second-order valence-electron chi connectivity index (χ2n) is 4.51. The molecular weight excluding hydrogens is 214 g/mol. The van der Waals surface area contributed by atoms with Crippen LogP contribution in [-0.2, 0) is 11.3 Å². The van der Waals surface area contributed by atoms with Crippen molar-refractivity contribution in [3.63, 3.8) is 0 Å². The molecule has 1 aliphatic carbocycles. The quantitative estimate of drug-likeness (QED) is 0.804. The average molecular weight is 233 g/mol. The maximum atomic E-state index is 11.6. The molecule has 0 saturated heterocycles. The van der Waals surface area contributed by atoms with E-state index in [9.17, 15) is 4.79 Å². The summed E-state index contributed by atoms with van der Waals surface area (Å²) >= 11 is 0. The molecule has 92 valence electrons. The van der Waals surface area contributed by atoms with Crippen LogP contribution in [0.1, 0.15) is 31.2 Å². The van der Waals surface area contributed by atoms with Gasteiger partial charge in [0.05, 0.1) is 6.54 Å². The molecule has 0 unspecified atom stereocenters. The molecule has 0 aromatic carbocycles. The summed E-state index contributed by atoms with van der Waals surface area (Å²) in [6.07, 6.45) is 8.28. The number of amides is 1. The van der Waals surface area contributed by atoms with Gasteiger partial charge >= 0.3 is 0 Å². The lowest BCUT2D eigenvalue weighted by molar-refractivity contribution is -0.120. The first-order valence-corrected chi connectivity index (χ1v) is 6.23. The van der Waals surface area contributed by atoms with Crippen molar-refractivity contribution < 1.29 is 4.79 Å². The Labute approximate surface area is 102 Å². The van der Waals surface area contributed by atoms with Gasteiger partial charge < -0.3 is 10.6 Å². The van der Waals surface area contributed by atoms with Crippen LogP contribution in [-0.4, -0.2) is 23.5 Å². The van der Waals surface area contributed by atoms with Crippen LogP contribution in [0.5, 0.6) is 0 Å².